The Morgan fingerprint density at radius 1 is 0.913 bits per heavy atom. The summed E-state index contributed by atoms with van der Waals surface area (Å²) in [5.41, 5.74) is -5.66. The summed E-state index contributed by atoms with van der Waals surface area (Å²) in [6.07, 6.45) is -12.6. The number of rotatable bonds is 2. The molecule has 0 unspecified atom stereocenters. The van der Waals surface area contributed by atoms with Gasteiger partial charge >= 0.3 is 23.9 Å². The van der Waals surface area contributed by atoms with Crippen LogP contribution in [0.25, 0.3) is 0 Å². The first-order chi connectivity index (χ1) is 10.1. The molecule has 0 fully saturated rings. The van der Waals surface area contributed by atoms with Crippen LogP contribution in [0.1, 0.15) is 0 Å². The lowest BCUT2D eigenvalue weighted by Crippen LogP contribution is -2.63. The smallest absolute Gasteiger partial charge is 0.423 e. The number of benzene rings is 1. The molecule has 0 radical (unpaired) electrons. The number of alkyl halides is 6. The molecule has 0 aliphatic rings. The van der Waals surface area contributed by atoms with Gasteiger partial charge in [-0.05, 0) is 69.8 Å². The summed E-state index contributed by atoms with van der Waals surface area (Å²) >= 11 is 11.8. The van der Waals surface area contributed by atoms with Gasteiger partial charge in [-0.3, -0.25) is 0 Å². The van der Waals surface area contributed by atoms with Crippen molar-refractivity contribution in [1.82, 2.24) is 0 Å². The summed E-state index contributed by atoms with van der Waals surface area (Å²) < 4.78 is 80.1. The average molecular weight is 604 g/mol. The number of hydrogen-bond donors (Lipinski definition) is 1. The summed E-state index contributed by atoms with van der Waals surface area (Å²) in [5.74, 6) is -3.61. The first-order valence-electron chi connectivity index (χ1n) is 5.05. The topological polar surface area (TPSA) is 46.5 Å². The molecular formula is C10H2Br4F6O3. The summed E-state index contributed by atoms with van der Waals surface area (Å²) in [6.45, 7) is 0. The van der Waals surface area contributed by atoms with Crippen molar-refractivity contribution in [1.29, 1.82) is 0 Å². The maximum absolute atomic E-state index is 12.6. The van der Waals surface area contributed by atoms with Gasteiger partial charge in [0.25, 0.3) is 0 Å². The van der Waals surface area contributed by atoms with Crippen LogP contribution in [0, 0.1) is 0 Å². The molecule has 0 saturated heterocycles. The maximum Gasteiger partial charge on any atom is 0.437 e. The van der Waals surface area contributed by atoms with E-state index < -0.39 is 29.7 Å². The molecule has 0 heterocycles. The number of hydrogen-bond acceptors (Lipinski definition) is 3. The van der Waals surface area contributed by atoms with Gasteiger partial charge in [0.05, 0.1) is 8.95 Å². The lowest BCUT2D eigenvalue weighted by molar-refractivity contribution is -0.354. The van der Waals surface area contributed by atoms with Crippen molar-refractivity contribution in [2.24, 2.45) is 0 Å². The Hall–Kier alpha value is 0.150. The van der Waals surface area contributed by atoms with Gasteiger partial charge in [-0.1, -0.05) is 0 Å². The first kappa shape index (κ1) is 21.2. The highest BCUT2D eigenvalue weighted by Crippen LogP contribution is 2.46. The van der Waals surface area contributed by atoms with E-state index in [2.05, 4.69) is 68.5 Å². The van der Waals surface area contributed by atoms with Crippen LogP contribution in [0.3, 0.4) is 0 Å². The molecule has 0 atom stereocenters. The van der Waals surface area contributed by atoms with E-state index in [9.17, 15) is 31.1 Å². The third-order valence-corrected chi connectivity index (χ3v) is 7.01. The minimum Gasteiger partial charge on any atom is -0.423 e. The molecule has 3 nitrogen and oxygen atoms in total. The molecule has 1 aromatic rings. The number of carbonyl (C=O) groups is 1. The predicted octanol–water partition coefficient (Wildman–Crippen LogP) is 5.50. The van der Waals surface area contributed by atoms with Crippen molar-refractivity contribution in [3.8, 4) is 5.75 Å². The zero-order chi connectivity index (χ0) is 18.4. The van der Waals surface area contributed by atoms with Crippen LogP contribution in [0.2, 0.25) is 0 Å². The Morgan fingerprint density at radius 3 is 1.74 bits per heavy atom. The Kier molecular flexibility index (Phi) is 6.27. The molecule has 23 heavy (non-hydrogen) atoms. The fourth-order valence-corrected chi connectivity index (χ4v) is 3.24. The zero-order valence-electron chi connectivity index (χ0n) is 10.1. The fourth-order valence-electron chi connectivity index (χ4n) is 1.19. The summed E-state index contributed by atoms with van der Waals surface area (Å²) in [6, 6.07) is 0.935. The second-order valence-electron chi connectivity index (χ2n) is 3.89. The van der Waals surface area contributed by atoms with Crippen LogP contribution in [0.4, 0.5) is 26.3 Å². The first-order valence-corrected chi connectivity index (χ1v) is 8.23. The number of halogens is 10. The van der Waals surface area contributed by atoms with Crippen LogP contribution >= 0.6 is 63.7 Å². The maximum atomic E-state index is 12.6. The standard InChI is InChI=1S/C10H2Br4F6O3/c11-2-1-3(5(13)6(14)4(2)12)23-7(21)8(22,9(15,16)17)10(18,19)20/h1,22H. The van der Waals surface area contributed by atoms with Gasteiger partial charge in [0.2, 0.25) is 0 Å². The van der Waals surface area contributed by atoms with Crippen molar-refractivity contribution < 1.29 is 41.0 Å². The Morgan fingerprint density at radius 2 is 1.35 bits per heavy atom. The van der Waals surface area contributed by atoms with Gasteiger partial charge < -0.3 is 9.84 Å². The molecule has 0 amide bonds. The van der Waals surface area contributed by atoms with Crippen molar-refractivity contribution in [3.63, 3.8) is 0 Å². The highest BCUT2D eigenvalue weighted by molar-refractivity contribution is 9.15. The second-order valence-corrected chi connectivity index (χ2v) is 7.13. The van der Waals surface area contributed by atoms with Crippen LogP contribution in [0.15, 0.2) is 24.0 Å². The van der Waals surface area contributed by atoms with Crippen molar-refractivity contribution >= 4 is 69.7 Å². The average Bonchev–Trinajstić information content (AvgIpc) is 2.38. The molecule has 0 bridgehead atoms. The summed E-state index contributed by atoms with van der Waals surface area (Å²) in [5, 5.41) is 8.93. The highest BCUT2D eigenvalue weighted by Gasteiger charge is 2.76. The van der Waals surface area contributed by atoms with E-state index in [4.69, 9.17) is 5.11 Å². The molecule has 0 aromatic heterocycles. The number of ether oxygens (including phenoxy) is 1. The van der Waals surface area contributed by atoms with E-state index in [1.165, 1.54) is 0 Å². The molecule has 0 aliphatic carbocycles. The monoisotopic (exact) mass is 600 g/mol. The lowest BCUT2D eigenvalue weighted by Gasteiger charge is -2.29. The SMILES string of the molecule is O=C(Oc1cc(Br)c(Br)c(Br)c1Br)C(O)(C(F)(F)F)C(F)(F)F. The number of carbonyl (C=O) groups excluding carboxylic acids is 1. The van der Waals surface area contributed by atoms with Gasteiger partial charge in [0.15, 0.2) is 0 Å². The van der Waals surface area contributed by atoms with Crippen LogP contribution in [0.5, 0.6) is 5.75 Å². The second kappa shape index (κ2) is 6.81. The van der Waals surface area contributed by atoms with E-state index in [1.54, 1.807) is 0 Å². The molecule has 1 rings (SSSR count). The Balaban J connectivity index is 3.36. The number of esters is 1. The van der Waals surface area contributed by atoms with Gasteiger partial charge in [-0.15, -0.1) is 0 Å². The molecular weight excluding hydrogens is 602 g/mol. The van der Waals surface area contributed by atoms with Crippen molar-refractivity contribution in [3.05, 3.63) is 24.0 Å². The molecule has 0 saturated carbocycles. The van der Waals surface area contributed by atoms with Gasteiger partial charge in [0, 0.05) is 8.95 Å². The van der Waals surface area contributed by atoms with Crippen LogP contribution < -0.4 is 4.74 Å². The quantitative estimate of drug-likeness (QED) is 0.160. The predicted molar refractivity (Wildman–Crippen MR) is 79.9 cm³/mol. The molecule has 1 aromatic carbocycles. The Labute approximate surface area is 157 Å². The van der Waals surface area contributed by atoms with Gasteiger partial charge in [-0.2, -0.15) is 26.3 Å². The van der Waals surface area contributed by atoms with E-state index in [0.29, 0.717) is 4.47 Å². The van der Waals surface area contributed by atoms with E-state index >= 15 is 0 Å². The summed E-state index contributed by atoms with van der Waals surface area (Å²) in [7, 11) is 0. The zero-order valence-corrected chi connectivity index (χ0v) is 16.5. The van der Waals surface area contributed by atoms with Gasteiger partial charge in [-0.25, -0.2) is 4.79 Å². The minimum atomic E-state index is -6.32. The minimum absolute atomic E-state index is 0.146. The molecule has 13 heteroatoms. The molecule has 0 spiro atoms. The third-order valence-electron chi connectivity index (χ3n) is 2.39. The lowest BCUT2D eigenvalue weighted by atomic mass is 10.0. The van der Waals surface area contributed by atoms with Crippen molar-refractivity contribution in [2.45, 2.75) is 18.0 Å². The summed E-state index contributed by atoms with van der Waals surface area (Å²) in [4.78, 5) is 11.4. The Bertz CT molecular complexity index is 629. The largest absolute Gasteiger partial charge is 0.437 e. The molecule has 0 aliphatic heterocycles. The van der Waals surface area contributed by atoms with E-state index in [-0.39, 0.29) is 13.4 Å². The third kappa shape index (κ3) is 3.88. The number of aliphatic hydroxyl groups is 1. The van der Waals surface area contributed by atoms with Crippen LogP contribution in [-0.2, 0) is 4.79 Å². The fraction of sp³-hybridized carbons (Fsp3) is 0.300. The van der Waals surface area contributed by atoms with E-state index in [1.807, 2.05) is 0 Å². The molecule has 1 N–H and O–H groups in total. The van der Waals surface area contributed by atoms with Crippen molar-refractivity contribution in [2.75, 3.05) is 0 Å². The van der Waals surface area contributed by atoms with Crippen LogP contribution in [-0.4, -0.2) is 29.0 Å². The van der Waals surface area contributed by atoms with E-state index in [0.717, 1.165) is 6.07 Å². The molecule has 130 valence electrons. The highest BCUT2D eigenvalue weighted by atomic mass is 79.9. The van der Waals surface area contributed by atoms with Gasteiger partial charge in [0.1, 0.15) is 5.75 Å². The normalized spacial score (nSPS) is 13.2.